The smallest absolute Gasteiger partial charge is 0.248 e. The number of anilines is 4. The summed E-state index contributed by atoms with van der Waals surface area (Å²) in [5.74, 6) is 1.67. The van der Waals surface area contributed by atoms with Gasteiger partial charge in [0.05, 0.1) is 5.69 Å². The summed E-state index contributed by atoms with van der Waals surface area (Å²) in [7, 11) is 0. The largest absolute Gasteiger partial charge is 0.368 e. The second-order valence-corrected chi connectivity index (χ2v) is 6.92. The van der Waals surface area contributed by atoms with Crippen LogP contribution < -0.4 is 16.0 Å². The number of rotatable bonds is 4. The van der Waals surface area contributed by atoms with Crippen LogP contribution in [0.15, 0.2) is 48.7 Å². The maximum atomic E-state index is 11.7. The molecular weight excluding hydrogens is 368 g/mol. The number of amides is 1. The van der Waals surface area contributed by atoms with E-state index in [2.05, 4.69) is 25.3 Å². The quantitative estimate of drug-likeness (QED) is 0.700. The Hall–Kier alpha value is -3.62. The zero-order valence-electron chi connectivity index (χ0n) is 16.3. The number of nitrogen functional groups attached to an aromatic ring is 1. The first-order valence-corrected chi connectivity index (χ1v) is 9.61. The molecule has 1 aliphatic heterocycles. The number of pyridine rings is 1. The highest BCUT2D eigenvalue weighted by Crippen LogP contribution is 2.21. The van der Waals surface area contributed by atoms with Crippen molar-refractivity contribution >= 4 is 29.3 Å². The van der Waals surface area contributed by atoms with Gasteiger partial charge in [-0.3, -0.25) is 4.79 Å². The van der Waals surface area contributed by atoms with Crippen molar-refractivity contribution in [3.8, 4) is 5.69 Å². The van der Waals surface area contributed by atoms with Crippen LogP contribution >= 0.6 is 0 Å². The molecule has 1 aromatic carbocycles. The molecule has 150 valence electrons. The first-order valence-electron chi connectivity index (χ1n) is 9.61. The highest BCUT2D eigenvalue weighted by molar-refractivity contribution is 5.73. The van der Waals surface area contributed by atoms with Crippen molar-refractivity contribution in [1.82, 2.24) is 24.6 Å². The molecule has 0 radical (unpaired) electrons. The van der Waals surface area contributed by atoms with E-state index >= 15 is 0 Å². The van der Waals surface area contributed by atoms with Crippen molar-refractivity contribution in [1.29, 1.82) is 0 Å². The van der Waals surface area contributed by atoms with Gasteiger partial charge in [0.15, 0.2) is 0 Å². The number of carbonyl (C=O) groups excluding carboxylic acids is 1. The number of para-hydroxylation sites is 1. The predicted molar refractivity (Wildman–Crippen MR) is 112 cm³/mol. The van der Waals surface area contributed by atoms with Crippen molar-refractivity contribution in [3.05, 3.63) is 48.7 Å². The topological polar surface area (TPSA) is 105 Å². The monoisotopic (exact) mass is 392 g/mol. The van der Waals surface area contributed by atoms with Crippen molar-refractivity contribution < 1.29 is 4.79 Å². The summed E-state index contributed by atoms with van der Waals surface area (Å²) >= 11 is 0. The van der Waals surface area contributed by atoms with Crippen LogP contribution in [0.3, 0.4) is 0 Å². The third kappa shape index (κ3) is 4.29. The average Bonchev–Trinajstić information content (AvgIpc) is 2.93. The minimum absolute atomic E-state index is 0.113. The van der Waals surface area contributed by atoms with E-state index in [-0.39, 0.29) is 5.91 Å². The van der Waals surface area contributed by atoms with Crippen LogP contribution in [0.4, 0.5) is 23.4 Å². The maximum Gasteiger partial charge on any atom is 0.248 e. The lowest BCUT2D eigenvalue weighted by Gasteiger charge is -2.22. The lowest BCUT2D eigenvalue weighted by Crippen LogP contribution is -2.33. The molecule has 0 bridgehead atoms. The van der Waals surface area contributed by atoms with Gasteiger partial charge in [-0.1, -0.05) is 18.2 Å². The molecule has 0 spiro atoms. The van der Waals surface area contributed by atoms with Gasteiger partial charge < -0.3 is 20.9 Å². The molecule has 0 aliphatic carbocycles. The van der Waals surface area contributed by atoms with Crippen LogP contribution in [0.25, 0.3) is 5.69 Å². The SMILES string of the molecule is CC(=O)N1CCCN(c2cc(-n3nc(Nc4ccccc4)nc3N)ccn2)CC1. The van der Waals surface area contributed by atoms with Gasteiger partial charge in [0.2, 0.25) is 17.8 Å². The van der Waals surface area contributed by atoms with Crippen LogP contribution in [0, 0.1) is 0 Å². The molecule has 3 heterocycles. The number of aromatic nitrogens is 4. The summed E-state index contributed by atoms with van der Waals surface area (Å²) in [6.07, 6.45) is 2.64. The van der Waals surface area contributed by atoms with E-state index in [4.69, 9.17) is 5.73 Å². The minimum Gasteiger partial charge on any atom is -0.368 e. The van der Waals surface area contributed by atoms with Crippen molar-refractivity contribution in [3.63, 3.8) is 0 Å². The molecule has 1 saturated heterocycles. The van der Waals surface area contributed by atoms with Gasteiger partial charge in [0.25, 0.3) is 0 Å². The molecule has 2 aromatic heterocycles. The van der Waals surface area contributed by atoms with Crippen molar-refractivity contribution in [2.45, 2.75) is 13.3 Å². The van der Waals surface area contributed by atoms with Gasteiger partial charge in [0.1, 0.15) is 5.82 Å². The highest BCUT2D eigenvalue weighted by Gasteiger charge is 2.18. The number of hydrogen-bond donors (Lipinski definition) is 2. The van der Waals surface area contributed by atoms with Crippen LogP contribution in [0.2, 0.25) is 0 Å². The van der Waals surface area contributed by atoms with Gasteiger partial charge in [-0.2, -0.15) is 9.67 Å². The molecule has 3 aromatic rings. The first kappa shape index (κ1) is 18.7. The molecule has 1 aliphatic rings. The third-order valence-corrected chi connectivity index (χ3v) is 4.90. The first-order chi connectivity index (χ1) is 14.1. The minimum atomic E-state index is 0.113. The molecule has 9 heteroatoms. The maximum absolute atomic E-state index is 11.7. The Morgan fingerprint density at radius 3 is 2.72 bits per heavy atom. The van der Waals surface area contributed by atoms with E-state index in [0.29, 0.717) is 18.4 Å². The van der Waals surface area contributed by atoms with Gasteiger partial charge in [0, 0.05) is 51.1 Å². The summed E-state index contributed by atoms with van der Waals surface area (Å²) in [5, 5.41) is 7.64. The van der Waals surface area contributed by atoms with Gasteiger partial charge >= 0.3 is 0 Å². The molecule has 29 heavy (non-hydrogen) atoms. The average molecular weight is 392 g/mol. The van der Waals surface area contributed by atoms with Crippen LogP contribution in [-0.2, 0) is 4.79 Å². The van der Waals surface area contributed by atoms with Gasteiger partial charge in [-0.05, 0) is 24.6 Å². The lowest BCUT2D eigenvalue weighted by atomic mass is 10.3. The Bertz CT molecular complexity index is 987. The standard InChI is InChI=1S/C20H24N8O/c1-15(29)26-10-5-11-27(13-12-26)18-14-17(8-9-22-18)28-19(21)24-20(25-28)23-16-6-3-2-4-7-16/h2-4,6-9,14H,5,10-13H2,1H3,(H3,21,23,24,25). The number of nitrogens with two attached hydrogens (primary N) is 1. The lowest BCUT2D eigenvalue weighted by molar-refractivity contribution is -0.128. The Kier molecular flexibility index (Phi) is 5.28. The molecule has 3 N–H and O–H groups in total. The van der Waals surface area contributed by atoms with E-state index in [9.17, 15) is 4.79 Å². The normalized spacial score (nSPS) is 14.5. The summed E-state index contributed by atoms with van der Waals surface area (Å²) in [6, 6.07) is 13.5. The molecule has 1 amide bonds. The Balaban J connectivity index is 1.54. The Labute approximate surface area is 169 Å². The Morgan fingerprint density at radius 2 is 1.93 bits per heavy atom. The number of benzene rings is 1. The summed E-state index contributed by atoms with van der Waals surface area (Å²) in [5.41, 5.74) is 7.78. The van der Waals surface area contributed by atoms with Crippen molar-refractivity contribution in [2.75, 3.05) is 42.1 Å². The van der Waals surface area contributed by atoms with Crippen LogP contribution in [-0.4, -0.2) is 56.7 Å². The molecule has 1 fully saturated rings. The van der Waals surface area contributed by atoms with E-state index in [1.807, 2.05) is 47.4 Å². The molecule has 4 rings (SSSR count). The fraction of sp³-hybridized carbons (Fsp3) is 0.300. The van der Waals surface area contributed by atoms with E-state index in [1.165, 1.54) is 0 Å². The number of carbonyl (C=O) groups is 1. The number of nitrogens with zero attached hydrogens (tertiary/aromatic N) is 6. The van der Waals surface area contributed by atoms with Gasteiger partial charge in [-0.15, -0.1) is 5.10 Å². The number of hydrogen-bond acceptors (Lipinski definition) is 7. The zero-order valence-corrected chi connectivity index (χ0v) is 16.3. The predicted octanol–water partition coefficient (Wildman–Crippen LogP) is 2.05. The summed E-state index contributed by atoms with van der Waals surface area (Å²) in [6.45, 7) is 4.66. The van der Waals surface area contributed by atoms with Crippen LogP contribution in [0.1, 0.15) is 13.3 Å². The van der Waals surface area contributed by atoms with E-state index in [0.717, 1.165) is 43.2 Å². The van der Waals surface area contributed by atoms with E-state index < -0.39 is 0 Å². The molecule has 0 atom stereocenters. The fourth-order valence-corrected chi connectivity index (χ4v) is 3.39. The van der Waals surface area contributed by atoms with Crippen molar-refractivity contribution in [2.24, 2.45) is 0 Å². The second kappa shape index (κ2) is 8.17. The molecular formula is C20H24N8O. The molecule has 0 unspecified atom stereocenters. The Morgan fingerprint density at radius 1 is 1.10 bits per heavy atom. The van der Waals surface area contributed by atoms with E-state index in [1.54, 1.807) is 17.8 Å². The zero-order chi connectivity index (χ0) is 20.2. The molecule has 0 saturated carbocycles. The third-order valence-electron chi connectivity index (χ3n) is 4.90. The number of nitrogens with one attached hydrogen (secondary N) is 1. The highest BCUT2D eigenvalue weighted by atomic mass is 16.2. The van der Waals surface area contributed by atoms with Crippen LogP contribution in [0.5, 0.6) is 0 Å². The fourth-order valence-electron chi connectivity index (χ4n) is 3.39. The second-order valence-electron chi connectivity index (χ2n) is 6.92. The van der Waals surface area contributed by atoms with Gasteiger partial charge in [-0.25, -0.2) is 4.98 Å². The summed E-state index contributed by atoms with van der Waals surface area (Å²) in [4.78, 5) is 24.5. The summed E-state index contributed by atoms with van der Waals surface area (Å²) < 4.78 is 1.59. The molecule has 9 nitrogen and oxygen atoms in total.